The van der Waals surface area contributed by atoms with Gasteiger partial charge in [0.25, 0.3) is 0 Å². The molecule has 0 fully saturated rings. The summed E-state index contributed by atoms with van der Waals surface area (Å²) in [4.78, 5) is 0. The first-order valence-electron chi connectivity index (χ1n) is 4.87. The van der Waals surface area contributed by atoms with Crippen molar-refractivity contribution in [1.82, 2.24) is 9.78 Å². The normalized spacial score (nSPS) is 13.2. The molecule has 0 aromatic carbocycles. The van der Waals surface area contributed by atoms with E-state index >= 15 is 0 Å². The van der Waals surface area contributed by atoms with Crippen molar-refractivity contribution in [2.24, 2.45) is 5.92 Å². The lowest BCUT2D eigenvalue weighted by atomic mass is 10.1. The molecule has 0 aliphatic heterocycles. The summed E-state index contributed by atoms with van der Waals surface area (Å²) in [6, 6.07) is 2.04. The Balaban J connectivity index is 2.51. The van der Waals surface area contributed by atoms with Crippen LogP contribution in [0.25, 0.3) is 0 Å². The molecule has 0 spiro atoms. The van der Waals surface area contributed by atoms with Gasteiger partial charge in [0.05, 0.1) is 0 Å². The first-order valence-corrected chi connectivity index (χ1v) is 5.50. The summed E-state index contributed by atoms with van der Waals surface area (Å²) in [5.41, 5.74) is 1.24. The molecule has 1 heterocycles. The Morgan fingerprint density at radius 1 is 1.62 bits per heavy atom. The van der Waals surface area contributed by atoms with Gasteiger partial charge in [-0.05, 0) is 31.1 Å². The van der Waals surface area contributed by atoms with Crippen molar-refractivity contribution >= 4 is 12.6 Å². The number of aromatic nitrogens is 2. The van der Waals surface area contributed by atoms with Gasteiger partial charge in [-0.15, -0.1) is 0 Å². The highest BCUT2D eigenvalue weighted by molar-refractivity contribution is 7.80. The van der Waals surface area contributed by atoms with Crippen LogP contribution in [0.4, 0.5) is 0 Å². The molecule has 1 atom stereocenters. The van der Waals surface area contributed by atoms with Gasteiger partial charge < -0.3 is 0 Å². The minimum Gasteiger partial charge on any atom is -0.270 e. The van der Waals surface area contributed by atoms with Crippen LogP contribution in [0.5, 0.6) is 0 Å². The summed E-state index contributed by atoms with van der Waals surface area (Å²) in [7, 11) is 0. The van der Waals surface area contributed by atoms with Crippen LogP contribution in [0.3, 0.4) is 0 Å². The van der Waals surface area contributed by atoms with E-state index < -0.39 is 0 Å². The Morgan fingerprint density at radius 2 is 2.38 bits per heavy atom. The third-order valence-corrected chi connectivity index (χ3v) is 2.83. The zero-order valence-electron chi connectivity index (χ0n) is 8.40. The lowest BCUT2D eigenvalue weighted by Crippen LogP contribution is -2.14. The van der Waals surface area contributed by atoms with Crippen LogP contribution in [0.15, 0.2) is 12.3 Å². The van der Waals surface area contributed by atoms with Crippen LogP contribution in [0, 0.1) is 12.8 Å². The van der Waals surface area contributed by atoms with Crippen molar-refractivity contribution in [1.29, 1.82) is 0 Å². The fourth-order valence-electron chi connectivity index (χ4n) is 1.48. The van der Waals surface area contributed by atoms with Crippen molar-refractivity contribution < 1.29 is 0 Å². The van der Waals surface area contributed by atoms with E-state index in [-0.39, 0.29) is 0 Å². The number of thiol groups is 1. The lowest BCUT2D eigenvalue weighted by Gasteiger charge is -2.14. The van der Waals surface area contributed by atoms with Gasteiger partial charge in [-0.2, -0.15) is 17.7 Å². The minimum absolute atomic E-state index is 0.659. The van der Waals surface area contributed by atoms with Gasteiger partial charge in [0.1, 0.15) is 0 Å². The first kappa shape index (κ1) is 10.6. The molecule has 0 aliphatic carbocycles. The van der Waals surface area contributed by atoms with Crippen molar-refractivity contribution in [2.45, 2.75) is 33.2 Å². The molecule has 0 radical (unpaired) electrons. The van der Waals surface area contributed by atoms with Crippen LogP contribution in [0.2, 0.25) is 0 Å². The van der Waals surface area contributed by atoms with Crippen LogP contribution in [-0.2, 0) is 6.54 Å². The SMILES string of the molecule is CCCC(CS)Cn1nccc1C. The number of rotatable bonds is 5. The Morgan fingerprint density at radius 3 is 2.85 bits per heavy atom. The second-order valence-electron chi connectivity index (χ2n) is 3.49. The third-order valence-electron chi connectivity index (χ3n) is 2.32. The van der Waals surface area contributed by atoms with E-state index in [4.69, 9.17) is 0 Å². The van der Waals surface area contributed by atoms with Crippen LogP contribution >= 0.6 is 12.6 Å². The Kier molecular flexibility index (Phi) is 4.36. The van der Waals surface area contributed by atoms with Crippen molar-refractivity contribution in [2.75, 3.05) is 5.75 Å². The maximum absolute atomic E-state index is 4.35. The second-order valence-corrected chi connectivity index (χ2v) is 3.86. The van der Waals surface area contributed by atoms with Gasteiger partial charge in [0.2, 0.25) is 0 Å². The average Bonchev–Trinajstić information content (AvgIpc) is 2.51. The van der Waals surface area contributed by atoms with Crippen LogP contribution < -0.4 is 0 Å². The summed E-state index contributed by atoms with van der Waals surface area (Å²) in [6.07, 6.45) is 4.32. The Labute approximate surface area is 85.7 Å². The molecule has 0 bridgehead atoms. The third kappa shape index (κ3) is 3.07. The standard InChI is InChI=1S/C10H18N2S/c1-3-4-10(8-13)7-12-9(2)5-6-11-12/h5-6,10,13H,3-4,7-8H2,1-2H3. The molecule has 74 valence electrons. The van der Waals surface area contributed by atoms with E-state index in [1.807, 2.05) is 12.3 Å². The van der Waals surface area contributed by atoms with Crippen molar-refractivity contribution in [3.05, 3.63) is 18.0 Å². The highest BCUT2D eigenvalue weighted by Gasteiger charge is 2.07. The quantitative estimate of drug-likeness (QED) is 0.720. The molecule has 0 N–H and O–H groups in total. The molecule has 3 heteroatoms. The monoisotopic (exact) mass is 198 g/mol. The zero-order chi connectivity index (χ0) is 9.68. The van der Waals surface area contributed by atoms with Crippen LogP contribution in [-0.4, -0.2) is 15.5 Å². The summed E-state index contributed by atoms with van der Waals surface area (Å²) in [5, 5.41) is 4.27. The number of nitrogens with zero attached hydrogens (tertiary/aromatic N) is 2. The Hall–Kier alpha value is -0.440. The molecule has 1 unspecified atom stereocenters. The summed E-state index contributed by atoms with van der Waals surface area (Å²) in [5.74, 6) is 1.61. The number of aryl methyl sites for hydroxylation is 1. The van der Waals surface area contributed by atoms with Gasteiger partial charge in [0.15, 0.2) is 0 Å². The molecule has 0 aliphatic rings. The molecule has 1 rings (SSSR count). The van der Waals surface area contributed by atoms with Crippen molar-refractivity contribution in [3.63, 3.8) is 0 Å². The van der Waals surface area contributed by atoms with Crippen LogP contribution in [0.1, 0.15) is 25.5 Å². The van der Waals surface area contributed by atoms with E-state index in [2.05, 4.69) is 36.3 Å². The van der Waals surface area contributed by atoms with Gasteiger partial charge in [-0.25, -0.2) is 0 Å². The molecule has 2 nitrogen and oxygen atoms in total. The highest BCUT2D eigenvalue weighted by atomic mass is 32.1. The van der Waals surface area contributed by atoms with E-state index in [9.17, 15) is 0 Å². The maximum atomic E-state index is 4.35. The summed E-state index contributed by atoms with van der Waals surface area (Å²) in [6.45, 7) is 5.32. The van der Waals surface area contributed by atoms with Gasteiger partial charge in [-0.3, -0.25) is 4.68 Å². The maximum Gasteiger partial charge on any atom is 0.0492 e. The Bertz CT molecular complexity index is 245. The average molecular weight is 198 g/mol. The number of hydrogen-bond acceptors (Lipinski definition) is 2. The summed E-state index contributed by atoms with van der Waals surface area (Å²) < 4.78 is 2.07. The van der Waals surface area contributed by atoms with E-state index in [0.717, 1.165) is 12.3 Å². The summed E-state index contributed by atoms with van der Waals surface area (Å²) >= 11 is 4.35. The van der Waals surface area contributed by atoms with Gasteiger partial charge in [0, 0.05) is 18.4 Å². The molecular formula is C10H18N2S. The predicted molar refractivity (Wildman–Crippen MR) is 59.2 cm³/mol. The molecule has 0 saturated heterocycles. The van der Waals surface area contributed by atoms with Gasteiger partial charge >= 0.3 is 0 Å². The smallest absolute Gasteiger partial charge is 0.0492 e. The zero-order valence-corrected chi connectivity index (χ0v) is 9.30. The predicted octanol–water partition coefficient (Wildman–Crippen LogP) is 2.54. The van der Waals surface area contributed by atoms with Crippen molar-refractivity contribution in [3.8, 4) is 0 Å². The topological polar surface area (TPSA) is 17.8 Å². The molecule has 0 amide bonds. The van der Waals surface area contributed by atoms with E-state index in [0.29, 0.717) is 5.92 Å². The molecule has 13 heavy (non-hydrogen) atoms. The first-order chi connectivity index (χ1) is 6.27. The largest absolute Gasteiger partial charge is 0.270 e. The second kappa shape index (κ2) is 5.32. The fraction of sp³-hybridized carbons (Fsp3) is 0.700. The van der Waals surface area contributed by atoms with E-state index in [1.54, 1.807) is 0 Å². The highest BCUT2D eigenvalue weighted by Crippen LogP contribution is 2.11. The molecule has 0 saturated carbocycles. The van der Waals surface area contributed by atoms with Gasteiger partial charge in [-0.1, -0.05) is 13.3 Å². The molecule has 1 aromatic rings. The van der Waals surface area contributed by atoms with E-state index in [1.165, 1.54) is 18.5 Å². The lowest BCUT2D eigenvalue weighted by molar-refractivity contribution is 0.422. The minimum atomic E-state index is 0.659. The molecule has 1 aromatic heterocycles. The number of hydrogen-bond donors (Lipinski definition) is 1. The fourth-order valence-corrected chi connectivity index (χ4v) is 1.78. The molecular weight excluding hydrogens is 180 g/mol.